The second-order valence-electron chi connectivity index (χ2n) is 10.7. The van der Waals surface area contributed by atoms with Gasteiger partial charge in [0.15, 0.2) is 16.6 Å². The highest BCUT2D eigenvalue weighted by atomic mass is 127. The molecule has 0 aromatic carbocycles. The minimum atomic E-state index is -1.51. The summed E-state index contributed by atoms with van der Waals surface area (Å²) in [5.41, 5.74) is -3.01. The van der Waals surface area contributed by atoms with Crippen LogP contribution in [0.15, 0.2) is 10.5 Å². The second kappa shape index (κ2) is 11.4. The molecule has 2 heterocycles. The van der Waals surface area contributed by atoms with Crippen molar-refractivity contribution in [2.45, 2.75) is 84.7 Å². The van der Waals surface area contributed by atoms with Crippen LogP contribution in [0.3, 0.4) is 0 Å². The van der Waals surface area contributed by atoms with E-state index in [1.54, 1.807) is 41.5 Å². The summed E-state index contributed by atoms with van der Waals surface area (Å²) in [6.07, 6.45) is -0.812. The van der Waals surface area contributed by atoms with E-state index in [0.29, 0.717) is 4.43 Å². The molecule has 1 aliphatic heterocycles. The van der Waals surface area contributed by atoms with Gasteiger partial charge in [0.05, 0.1) is 5.92 Å². The van der Waals surface area contributed by atoms with Crippen molar-refractivity contribution >= 4 is 68.5 Å². The van der Waals surface area contributed by atoms with Crippen LogP contribution in [0.25, 0.3) is 0 Å². The van der Waals surface area contributed by atoms with Crippen molar-refractivity contribution in [1.29, 1.82) is 0 Å². The standard InChI is InChI=1S/C23H33IN4O7S/c1-21(2,3)33-18(31)23(7,8)35-28-16(15(29)9-12-13(10-24)25-17(12)30)14-11-36-19(26-14)27-20(32)34-22(4,5)6/h11-13H,9-10H2,1-8H3,(H,25,30)(H,26,27,32)/b28-16-/t12-,13+/m0/s1. The lowest BCUT2D eigenvalue weighted by molar-refractivity contribution is -0.179. The molecule has 1 fully saturated rings. The van der Waals surface area contributed by atoms with Gasteiger partial charge in [-0.2, -0.15) is 0 Å². The molecular weight excluding hydrogens is 603 g/mol. The monoisotopic (exact) mass is 636 g/mol. The molecule has 1 saturated heterocycles. The lowest BCUT2D eigenvalue weighted by Crippen LogP contribution is -2.59. The van der Waals surface area contributed by atoms with Gasteiger partial charge in [-0.15, -0.1) is 11.3 Å². The molecule has 0 aliphatic carbocycles. The average molecular weight is 637 g/mol. The fourth-order valence-corrected chi connectivity index (χ4v) is 4.34. The van der Waals surface area contributed by atoms with E-state index in [-0.39, 0.29) is 34.9 Å². The number of ether oxygens (including phenoxy) is 2. The normalized spacial score (nSPS) is 18.6. The maximum atomic E-state index is 13.2. The third-order valence-electron chi connectivity index (χ3n) is 4.60. The van der Waals surface area contributed by atoms with Crippen LogP contribution >= 0.6 is 33.9 Å². The van der Waals surface area contributed by atoms with Crippen LogP contribution in [0.4, 0.5) is 9.93 Å². The Bertz CT molecular complexity index is 1040. The van der Waals surface area contributed by atoms with Gasteiger partial charge in [0.25, 0.3) is 0 Å². The van der Waals surface area contributed by atoms with Gasteiger partial charge in [0, 0.05) is 22.3 Å². The quantitative estimate of drug-likeness (QED) is 0.104. The Hall–Kier alpha value is -2.29. The predicted molar refractivity (Wildman–Crippen MR) is 143 cm³/mol. The summed E-state index contributed by atoms with van der Waals surface area (Å²) in [5.74, 6) is -1.88. The first-order chi connectivity index (χ1) is 16.4. The number of carbonyl (C=O) groups excluding carboxylic acids is 4. The van der Waals surface area contributed by atoms with Crippen LogP contribution in [0.5, 0.6) is 0 Å². The van der Waals surface area contributed by atoms with Gasteiger partial charge >= 0.3 is 12.1 Å². The Kier molecular flexibility index (Phi) is 9.48. The van der Waals surface area contributed by atoms with Gasteiger partial charge in [0.1, 0.15) is 16.9 Å². The van der Waals surface area contributed by atoms with Crippen molar-refractivity contribution in [3.63, 3.8) is 0 Å². The molecular formula is C23H33IN4O7S. The van der Waals surface area contributed by atoms with E-state index in [1.807, 2.05) is 0 Å². The topological polar surface area (TPSA) is 145 Å². The number of β-lactam (4-membered cyclic amide) rings is 1. The van der Waals surface area contributed by atoms with Crippen molar-refractivity contribution in [2.24, 2.45) is 11.1 Å². The number of anilines is 1. The molecule has 13 heteroatoms. The average Bonchev–Trinajstić information content (AvgIpc) is 3.15. The molecule has 0 unspecified atom stereocenters. The van der Waals surface area contributed by atoms with Gasteiger partial charge < -0.3 is 19.6 Å². The van der Waals surface area contributed by atoms with Crippen LogP contribution in [-0.4, -0.2) is 61.7 Å². The summed E-state index contributed by atoms with van der Waals surface area (Å²) in [4.78, 5) is 59.7. The Morgan fingerprint density at radius 1 is 1.11 bits per heavy atom. The molecule has 1 aliphatic rings. The number of rotatable bonds is 9. The number of halogens is 1. The maximum absolute atomic E-state index is 13.2. The molecule has 2 amide bonds. The van der Waals surface area contributed by atoms with Crippen LogP contribution in [-0.2, 0) is 28.7 Å². The van der Waals surface area contributed by atoms with E-state index in [1.165, 1.54) is 19.2 Å². The van der Waals surface area contributed by atoms with Gasteiger partial charge in [-0.1, -0.05) is 27.7 Å². The lowest BCUT2D eigenvalue weighted by atomic mass is 9.86. The van der Waals surface area contributed by atoms with E-state index >= 15 is 0 Å². The molecule has 36 heavy (non-hydrogen) atoms. The van der Waals surface area contributed by atoms with Crippen LogP contribution in [0.2, 0.25) is 0 Å². The molecule has 1 aromatic rings. The van der Waals surface area contributed by atoms with Gasteiger partial charge in [0.2, 0.25) is 11.5 Å². The van der Waals surface area contributed by atoms with Crippen molar-refractivity contribution in [2.75, 3.05) is 9.74 Å². The molecule has 1 aromatic heterocycles. The summed E-state index contributed by atoms with van der Waals surface area (Å²) < 4.78 is 11.3. The van der Waals surface area contributed by atoms with Crippen molar-refractivity contribution in [3.05, 3.63) is 11.1 Å². The zero-order valence-electron chi connectivity index (χ0n) is 21.7. The number of nitrogens with one attached hydrogen (secondary N) is 2. The molecule has 0 saturated carbocycles. The summed E-state index contributed by atoms with van der Waals surface area (Å²) in [6.45, 7) is 13.3. The first-order valence-corrected chi connectivity index (χ1v) is 13.7. The third kappa shape index (κ3) is 8.68. The number of alkyl halides is 1. The Morgan fingerprint density at radius 3 is 2.25 bits per heavy atom. The fraction of sp³-hybridized carbons (Fsp3) is 0.652. The van der Waals surface area contributed by atoms with Gasteiger partial charge in [-0.3, -0.25) is 14.9 Å². The molecule has 0 radical (unpaired) electrons. The fourth-order valence-electron chi connectivity index (χ4n) is 2.82. The number of nitrogens with zero attached hydrogens (tertiary/aromatic N) is 2. The second-order valence-corrected chi connectivity index (χ2v) is 12.5. The number of carbonyl (C=O) groups is 4. The molecule has 0 spiro atoms. The van der Waals surface area contributed by atoms with Crippen molar-refractivity contribution < 1.29 is 33.5 Å². The number of Topliss-reactive ketones (excluding diaryl/α,β-unsaturated/α-hetero) is 1. The van der Waals surface area contributed by atoms with Crippen LogP contribution < -0.4 is 10.6 Å². The molecule has 2 rings (SSSR count). The van der Waals surface area contributed by atoms with E-state index < -0.39 is 40.6 Å². The number of aromatic nitrogens is 1. The van der Waals surface area contributed by atoms with E-state index in [2.05, 4.69) is 43.4 Å². The number of hydrogen-bond donors (Lipinski definition) is 2. The SMILES string of the molecule is CC(C)(C)OC(=O)Nc1nc(/C(=N/OC(C)(C)C(=O)OC(C)(C)C)C(=O)C[C@@H]2C(=O)N[C@@H]2CI)cs1. The van der Waals surface area contributed by atoms with Crippen LogP contribution in [0, 0.1) is 5.92 Å². The Morgan fingerprint density at radius 2 is 1.72 bits per heavy atom. The number of oxime groups is 1. The molecule has 2 atom stereocenters. The number of hydrogen-bond acceptors (Lipinski definition) is 10. The number of ketones is 1. The molecule has 11 nitrogen and oxygen atoms in total. The molecule has 0 bridgehead atoms. The Labute approximate surface area is 228 Å². The highest BCUT2D eigenvalue weighted by molar-refractivity contribution is 14.1. The summed E-state index contributed by atoms with van der Waals surface area (Å²) >= 11 is 3.20. The highest BCUT2D eigenvalue weighted by Gasteiger charge is 2.41. The number of thiazole rings is 1. The van der Waals surface area contributed by atoms with Crippen LogP contribution in [0.1, 0.15) is 67.5 Å². The lowest BCUT2D eigenvalue weighted by Gasteiger charge is -2.35. The van der Waals surface area contributed by atoms with Crippen molar-refractivity contribution in [3.8, 4) is 0 Å². The van der Waals surface area contributed by atoms with Gasteiger partial charge in [-0.05, 0) is 55.4 Å². The highest BCUT2D eigenvalue weighted by Crippen LogP contribution is 2.25. The summed E-state index contributed by atoms with van der Waals surface area (Å²) in [5, 5.41) is 11.0. The van der Waals surface area contributed by atoms with E-state index in [9.17, 15) is 19.2 Å². The Balaban J connectivity index is 2.30. The zero-order valence-corrected chi connectivity index (χ0v) is 24.7. The van der Waals surface area contributed by atoms with E-state index in [4.69, 9.17) is 14.3 Å². The maximum Gasteiger partial charge on any atom is 0.413 e. The largest absolute Gasteiger partial charge is 0.457 e. The first kappa shape index (κ1) is 29.9. The number of esters is 1. The third-order valence-corrected chi connectivity index (χ3v) is 6.30. The minimum absolute atomic E-state index is 0.110. The van der Waals surface area contributed by atoms with Crippen molar-refractivity contribution in [1.82, 2.24) is 10.3 Å². The summed E-state index contributed by atoms with van der Waals surface area (Å²) in [6, 6.07) is -0.123. The molecule has 200 valence electrons. The predicted octanol–water partition coefficient (Wildman–Crippen LogP) is 3.84. The number of amides is 2. The minimum Gasteiger partial charge on any atom is -0.457 e. The molecule has 2 N–H and O–H groups in total. The summed E-state index contributed by atoms with van der Waals surface area (Å²) in [7, 11) is 0. The van der Waals surface area contributed by atoms with Gasteiger partial charge in [-0.25, -0.2) is 14.6 Å². The zero-order chi connectivity index (χ0) is 27.5. The smallest absolute Gasteiger partial charge is 0.413 e. The first-order valence-electron chi connectivity index (χ1n) is 11.3. The van der Waals surface area contributed by atoms with E-state index in [0.717, 1.165) is 11.3 Å².